The second kappa shape index (κ2) is 15.6. The van der Waals surface area contributed by atoms with Gasteiger partial charge in [0.1, 0.15) is 5.82 Å². The first kappa shape index (κ1) is 26.8. The zero-order chi connectivity index (χ0) is 21.6. The van der Waals surface area contributed by atoms with Crippen LogP contribution in [0.3, 0.4) is 0 Å². The van der Waals surface area contributed by atoms with Crippen molar-refractivity contribution in [1.82, 2.24) is 15.6 Å². The van der Waals surface area contributed by atoms with Crippen molar-refractivity contribution in [2.75, 3.05) is 38.7 Å². The SMILES string of the molecule is CCOc1ccc(C(C)NC(=NC)NCCCCNc2ccccn2)cc1OCC.I. The molecule has 2 rings (SSSR count). The number of aliphatic imine (C=N–C) groups is 1. The third-order valence-corrected chi connectivity index (χ3v) is 4.51. The molecule has 2 aromatic rings. The Labute approximate surface area is 203 Å². The lowest BCUT2D eigenvalue weighted by atomic mass is 10.1. The minimum atomic E-state index is 0. The Morgan fingerprint density at radius 1 is 1.03 bits per heavy atom. The van der Waals surface area contributed by atoms with E-state index in [1.807, 2.05) is 44.2 Å². The van der Waals surface area contributed by atoms with E-state index in [2.05, 4.69) is 38.9 Å². The number of hydrogen-bond acceptors (Lipinski definition) is 5. The number of anilines is 1. The lowest BCUT2D eigenvalue weighted by Crippen LogP contribution is -2.39. The molecule has 7 nitrogen and oxygen atoms in total. The first-order valence-electron chi connectivity index (χ1n) is 10.7. The fraction of sp³-hybridized carbons (Fsp3) is 0.478. The molecule has 1 unspecified atom stereocenters. The fourth-order valence-corrected chi connectivity index (χ4v) is 2.96. The normalized spacial score (nSPS) is 11.8. The highest BCUT2D eigenvalue weighted by molar-refractivity contribution is 14.0. The number of unbranched alkanes of at least 4 members (excludes halogenated alkanes) is 1. The van der Waals surface area contributed by atoms with Gasteiger partial charge >= 0.3 is 0 Å². The molecule has 0 aliphatic carbocycles. The highest BCUT2D eigenvalue weighted by Gasteiger charge is 2.12. The molecular formula is C23H36IN5O2. The summed E-state index contributed by atoms with van der Waals surface area (Å²) in [6.07, 6.45) is 3.88. The molecule has 0 amide bonds. The van der Waals surface area contributed by atoms with E-state index in [-0.39, 0.29) is 30.0 Å². The summed E-state index contributed by atoms with van der Waals surface area (Å²) in [5, 5.41) is 10.1. The van der Waals surface area contributed by atoms with E-state index in [9.17, 15) is 0 Å². The molecule has 0 aliphatic rings. The van der Waals surface area contributed by atoms with Crippen molar-refractivity contribution >= 4 is 35.8 Å². The van der Waals surface area contributed by atoms with Gasteiger partial charge in [-0.15, -0.1) is 24.0 Å². The van der Waals surface area contributed by atoms with E-state index in [1.165, 1.54) is 0 Å². The van der Waals surface area contributed by atoms with Crippen molar-refractivity contribution in [3.63, 3.8) is 0 Å². The van der Waals surface area contributed by atoms with Crippen LogP contribution in [0.5, 0.6) is 11.5 Å². The second-order valence-electron chi connectivity index (χ2n) is 6.79. The first-order valence-corrected chi connectivity index (χ1v) is 10.7. The van der Waals surface area contributed by atoms with Crippen molar-refractivity contribution in [3.05, 3.63) is 48.2 Å². The summed E-state index contributed by atoms with van der Waals surface area (Å²) in [7, 11) is 1.79. The third kappa shape index (κ3) is 9.63. The average Bonchev–Trinajstić information content (AvgIpc) is 2.77. The maximum atomic E-state index is 5.74. The van der Waals surface area contributed by atoms with Gasteiger partial charge in [0, 0.05) is 26.3 Å². The van der Waals surface area contributed by atoms with E-state index in [1.54, 1.807) is 13.2 Å². The number of nitrogens with zero attached hydrogens (tertiary/aromatic N) is 2. The summed E-state index contributed by atoms with van der Waals surface area (Å²) < 4.78 is 11.4. The predicted octanol–water partition coefficient (Wildman–Crippen LogP) is 4.62. The van der Waals surface area contributed by atoms with Gasteiger partial charge in [-0.2, -0.15) is 0 Å². The molecule has 1 atom stereocenters. The molecule has 172 valence electrons. The van der Waals surface area contributed by atoms with E-state index in [0.717, 1.165) is 54.8 Å². The van der Waals surface area contributed by atoms with E-state index >= 15 is 0 Å². The zero-order valence-corrected chi connectivity index (χ0v) is 21.3. The number of guanidine groups is 1. The van der Waals surface area contributed by atoms with Gasteiger partial charge < -0.3 is 25.4 Å². The van der Waals surface area contributed by atoms with Crippen molar-refractivity contribution in [2.45, 2.75) is 39.7 Å². The monoisotopic (exact) mass is 541 g/mol. The maximum absolute atomic E-state index is 5.74. The molecule has 0 fully saturated rings. The Balaban J connectivity index is 0.00000480. The van der Waals surface area contributed by atoms with Gasteiger partial charge in [-0.05, 0) is 63.4 Å². The van der Waals surface area contributed by atoms with Crippen LogP contribution in [0, 0.1) is 0 Å². The van der Waals surface area contributed by atoms with Crippen molar-refractivity contribution < 1.29 is 9.47 Å². The zero-order valence-electron chi connectivity index (χ0n) is 19.0. The van der Waals surface area contributed by atoms with Gasteiger partial charge in [-0.25, -0.2) is 4.98 Å². The van der Waals surface area contributed by atoms with E-state index < -0.39 is 0 Å². The summed E-state index contributed by atoms with van der Waals surface area (Å²) in [6.45, 7) is 9.01. The Morgan fingerprint density at radius 2 is 1.77 bits per heavy atom. The number of pyridine rings is 1. The van der Waals surface area contributed by atoms with Crippen LogP contribution in [0.25, 0.3) is 0 Å². The van der Waals surface area contributed by atoms with Crippen LogP contribution in [0.4, 0.5) is 5.82 Å². The summed E-state index contributed by atoms with van der Waals surface area (Å²) >= 11 is 0. The van der Waals surface area contributed by atoms with Gasteiger partial charge in [0.15, 0.2) is 17.5 Å². The minimum Gasteiger partial charge on any atom is -0.490 e. The van der Waals surface area contributed by atoms with Crippen LogP contribution in [-0.4, -0.2) is 44.3 Å². The quantitative estimate of drug-likeness (QED) is 0.158. The molecule has 31 heavy (non-hydrogen) atoms. The molecule has 1 aromatic carbocycles. The molecule has 1 aromatic heterocycles. The molecular weight excluding hydrogens is 505 g/mol. The first-order chi connectivity index (χ1) is 14.7. The van der Waals surface area contributed by atoms with Crippen LogP contribution < -0.4 is 25.4 Å². The third-order valence-electron chi connectivity index (χ3n) is 4.51. The number of benzene rings is 1. The number of halogens is 1. The Hall–Kier alpha value is -2.23. The maximum Gasteiger partial charge on any atom is 0.191 e. The lowest BCUT2D eigenvalue weighted by Gasteiger charge is -2.20. The number of nitrogens with one attached hydrogen (secondary N) is 3. The minimum absolute atomic E-state index is 0. The standard InChI is InChI=1S/C23H35N5O2.HI/c1-5-29-20-13-12-19(17-21(20)30-6-2)18(3)28-23(24-4)27-16-10-9-15-26-22-11-7-8-14-25-22;/h7-8,11-14,17-18H,5-6,9-10,15-16H2,1-4H3,(H,25,26)(H2,24,27,28);1H. The summed E-state index contributed by atoms with van der Waals surface area (Å²) in [4.78, 5) is 8.60. The Kier molecular flexibility index (Phi) is 13.4. The highest BCUT2D eigenvalue weighted by Crippen LogP contribution is 2.30. The summed E-state index contributed by atoms with van der Waals surface area (Å²) in [5.74, 6) is 3.25. The van der Waals surface area contributed by atoms with Crippen molar-refractivity contribution in [1.29, 1.82) is 0 Å². The van der Waals surface area contributed by atoms with Gasteiger partial charge in [-0.1, -0.05) is 12.1 Å². The lowest BCUT2D eigenvalue weighted by molar-refractivity contribution is 0.287. The summed E-state index contributed by atoms with van der Waals surface area (Å²) in [6, 6.07) is 12.0. The average molecular weight is 541 g/mol. The van der Waals surface area contributed by atoms with Crippen molar-refractivity contribution in [2.24, 2.45) is 4.99 Å². The topological polar surface area (TPSA) is 79.8 Å². The smallest absolute Gasteiger partial charge is 0.191 e. The van der Waals surface area contributed by atoms with Gasteiger partial charge in [0.05, 0.1) is 19.3 Å². The van der Waals surface area contributed by atoms with E-state index in [4.69, 9.17) is 9.47 Å². The Morgan fingerprint density at radius 3 is 2.45 bits per heavy atom. The summed E-state index contributed by atoms with van der Waals surface area (Å²) in [5.41, 5.74) is 1.12. The highest BCUT2D eigenvalue weighted by atomic mass is 127. The van der Waals surface area contributed by atoms with Crippen LogP contribution >= 0.6 is 24.0 Å². The van der Waals surface area contributed by atoms with Crippen LogP contribution in [-0.2, 0) is 0 Å². The van der Waals surface area contributed by atoms with Gasteiger partial charge in [0.25, 0.3) is 0 Å². The van der Waals surface area contributed by atoms with Crippen LogP contribution in [0.1, 0.15) is 45.2 Å². The predicted molar refractivity (Wildman–Crippen MR) is 139 cm³/mol. The molecule has 0 spiro atoms. The van der Waals surface area contributed by atoms with E-state index in [0.29, 0.717) is 13.2 Å². The number of ether oxygens (including phenoxy) is 2. The fourth-order valence-electron chi connectivity index (χ4n) is 2.96. The van der Waals surface area contributed by atoms with Crippen molar-refractivity contribution in [3.8, 4) is 11.5 Å². The van der Waals surface area contributed by atoms with Gasteiger partial charge in [-0.3, -0.25) is 4.99 Å². The molecule has 0 bridgehead atoms. The number of rotatable bonds is 12. The Bertz CT molecular complexity index is 774. The van der Waals surface area contributed by atoms with Crippen LogP contribution in [0.15, 0.2) is 47.6 Å². The molecule has 3 N–H and O–H groups in total. The molecule has 0 aliphatic heterocycles. The molecule has 8 heteroatoms. The second-order valence-corrected chi connectivity index (χ2v) is 6.79. The molecule has 0 saturated carbocycles. The molecule has 0 saturated heterocycles. The molecule has 0 radical (unpaired) electrons. The number of hydrogen-bond donors (Lipinski definition) is 3. The van der Waals surface area contributed by atoms with Gasteiger partial charge in [0.2, 0.25) is 0 Å². The molecule has 1 heterocycles. The van der Waals surface area contributed by atoms with Crippen LogP contribution in [0.2, 0.25) is 0 Å². The largest absolute Gasteiger partial charge is 0.490 e. The number of aromatic nitrogens is 1.